The second kappa shape index (κ2) is 7.85. The van der Waals surface area contributed by atoms with Crippen LogP contribution in [-0.2, 0) is 4.79 Å². The van der Waals surface area contributed by atoms with Gasteiger partial charge in [-0.1, -0.05) is 25.7 Å². The number of carbonyl (C=O) groups is 2. The average Bonchev–Trinajstić information content (AvgIpc) is 2.49. The smallest absolute Gasteiger partial charge is 0.308 e. The lowest BCUT2D eigenvalue weighted by Crippen LogP contribution is -2.44. The van der Waals surface area contributed by atoms with Gasteiger partial charge >= 0.3 is 5.97 Å². The molecule has 0 spiro atoms. The fraction of sp³-hybridized carbons (Fsp3) is 0.562. The van der Waals surface area contributed by atoms with Crippen LogP contribution in [0, 0.1) is 23.0 Å². The highest BCUT2D eigenvalue weighted by atomic mass is 16.6. The summed E-state index contributed by atoms with van der Waals surface area (Å²) in [5, 5.41) is 23.0. The zero-order chi connectivity index (χ0) is 17.7. The van der Waals surface area contributed by atoms with Crippen molar-refractivity contribution in [2.45, 2.75) is 51.5 Å². The van der Waals surface area contributed by atoms with E-state index >= 15 is 0 Å². The predicted molar refractivity (Wildman–Crippen MR) is 85.7 cm³/mol. The van der Waals surface area contributed by atoms with Gasteiger partial charge in [0.15, 0.2) is 0 Å². The molecule has 1 aliphatic rings. The third kappa shape index (κ3) is 4.27. The number of aliphatic carboxylic acids is 1. The molecule has 1 aliphatic carbocycles. The number of carboxylic acid groups (broad SMARTS) is 1. The molecule has 0 bridgehead atoms. The van der Waals surface area contributed by atoms with Crippen molar-refractivity contribution in [3.05, 3.63) is 33.6 Å². The van der Waals surface area contributed by atoms with Gasteiger partial charge in [-0.15, -0.1) is 0 Å². The van der Waals surface area contributed by atoms with Crippen molar-refractivity contribution in [3.63, 3.8) is 0 Å². The van der Waals surface area contributed by atoms with Gasteiger partial charge in [0.25, 0.3) is 11.6 Å². The van der Waals surface area contributed by atoms with Crippen molar-refractivity contribution in [3.8, 4) is 0 Å². The summed E-state index contributed by atoms with van der Waals surface area (Å²) in [4.78, 5) is 38.1. The number of nitro groups is 1. The predicted octanol–water partition coefficient (Wildman–Crippen LogP) is 2.45. The Morgan fingerprint density at radius 1 is 1.29 bits per heavy atom. The van der Waals surface area contributed by atoms with Gasteiger partial charge in [0.2, 0.25) is 0 Å². The topological polar surface area (TPSA) is 122 Å². The highest BCUT2D eigenvalue weighted by Gasteiger charge is 2.30. The Labute approximate surface area is 139 Å². The van der Waals surface area contributed by atoms with Crippen LogP contribution in [0.3, 0.4) is 0 Å². The van der Waals surface area contributed by atoms with E-state index in [1.165, 1.54) is 6.07 Å². The average molecular weight is 335 g/mol. The number of nitrogens with one attached hydrogen (secondary N) is 1. The van der Waals surface area contributed by atoms with Crippen molar-refractivity contribution in [1.29, 1.82) is 0 Å². The molecule has 0 aromatic carbocycles. The molecular weight excluding hydrogens is 314 g/mol. The number of pyridine rings is 1. The van der Waals surface area contributed by atoms with Crippen LogP contribution >= 0.6 is 0 Å². The summed E-state index contributed by atoms with van der Waals surface area (Å²) in [6, 6.07) is 0.699. The first-order valence-corrected chi connectivity index (χ1v) is 8.05. The number of amides is 1. The summed E-state index contributed by atoms with van der Waals surface area (Å²) in [7, 11) is 0. The first kappa shape index (κ1) is 17.8. The molecule has 1 aromatic rings. The fourth-order valence-corrected chi connectivity index (χ4v) is 3.05. The molecule has 1 heterocycles. The standard InChI is InChI=1S/C16H21N3O5/c1-10-13(8-11(9-17-10)19(23)24)15(20)18-14-7-5-3-2-4-6-12(14)16(21)22/h8-9,12,14H,2-7H2,1H3,(H,18,20)(H,21,22). The third-order valence-electron chi connectivity index (χ3n) is 4.43. The normalized spacial score (nSPS) is 21.4. The number of carboxylic acids is 1. The lowest BCUT2D eigenvalue weighted by molar-refractivity contribution is -0.385. The Bertz CT molecular complexity index is 647. The van der Waals surface area contributed by atoms with E-state index < -0.39 is 28.8 Å². The number of aromatic nitrogens is 1. The van der Waals surface area contributed by atoms with Crippen LogP contribution in [0.25, 0.3) is 0 Å². The van der Waals surface area contributed by atoms with Crippen LogP contribution in [0.5, 0.6) is 0 Å². The van der Waals surface area contributed by atoms with E-state index in [1.54, 1.807) is 6.92 Å². The quantitative estimate of drug-likeness (QED) is 0.643. The van der Waals surface area contributed by atoms with Crippen LogP contribution in [0.15, 0.2) is 12.3 Å². The van der Waals surface area contributed by atoms with Crippen LogP contribution in [-0.4, -0.2) is 32.9 Å². The van der Waals surface area contributed by atoms with E-state index in [9.17, 15) is 24.8 Å². The van der Waals surface area contributed by atoms with E-state index in [4.69, 9.17) is 0 Å². The summed E-state index contributed by atoms with van der Waals surface area (Å²) < 4.78 is 0. The number of nitrogens with zero attached hydrogens (tertiary/aromatic N) is 2. The number of hydrogen-bond donors (Lipinski definition) is 2. The summed E-state index contributed by atoms with van der Waals surface area (Å²) in [5.74, 6) is -2.07. The SMILES string of the molecule is Cc1ncc([N+](=O)[O-])cc1C(=O)NC1CCCCCCC1C(=O)O. The Hall–Kier alpha value is -2.51. The second-order valence-electron chi connectivity index (χ2n) is 6.10. The maximum absolute atomic E-state index is 12.5. The molecule has 0 radical (unpaired) electrons. The van der Waals surface area contributed by atoms with E-state index in [-0.39, 0.29) is 11.3 Å². The lowest BCUT2D eigenvalue weighted by atomic mass is 9.86. The molecule has 2 atom stereocenters. The zero-order valence-corrected chi connectivity index (χ0v) is 13.5. The van der Waals surface area contributed by atoms with Crippen molar-refractivity contribution in [2.24, 2.45) is 5.92 Å². The van der Waals surface area contributed by atoms with Gasteiger partial charge in [0.1, 0.15) is 6.20 Å². The molecule has 24 heavy (non-hydrogen) atoms. The Morgan fingerprint density at radius 2 is 1.96 bits per heavy atom. The lowest BCUT2D eigenvalue weighted by Gasteiger charge is -2.27. The molecule has 1 aromatic heterocycles. The Morgan fingerprint density at radius 3 is 2.58 bits per heavy atom. The van der Waals surface area contributed by atoms with Crippen molar-refractivity contribution >= 4 is 17.6 Å². The van der Waals surface area contributed by atoms with Gasteiger partial charge in [-0.3, -0.25) is 24.7 Å². The highest BCUT2D eigenvalue weighted by Crippen LogP contribution is 2.24. The Kier molecular flexibility index (Phi) is 5.83. The zero-order valence-electron chi connectivity index (χ0n) is 13.5. The largest absolute Gasteiger partial charge is 0.481 e. The summed E-state index contributed by atoms with van der Waals surface area (Å²) in [5.41, 5.74) is 0.212. The third-order valence-corrected chi connectivity index (χ3v) is 4.43. The van der Waals surface area contributed by atoms with Crippen molar-refractivity contribution in [1.82, 2.24) is 10.3 Å². The molecule has 130 valence electrons. The van der Waals surface area contributed by atoms with Gasteiger partial charge < -0.3 is 10.4 Å². The molecular formula is C16H21N3O5. The molecule has 2 rings (SSSR count). The molecule has 2 unspecified atom stereocenters. The minimum Gasteiger partial charge on any atom is -0.481 e. The fourth-order valence-electron chi connectivity index (χ4n) is 3.05. The van der Waals surface area contributed by atoms with Gasteiger partial charge in [-0.2, -0.15) is 0 Å². The van der Waals surface area contributed by atoms with Gasteiger partial charge in [0, 0.05) is 12.1 Å². The molecule has 0 aliphatic heterocycles. The maximum Gasteiger partial charge on any atom is 0.308 e. The summed E-state index contributed by atoms with van der Waals surface area (Å²) in [6.45, 7) is 1.59. The van der Waals surface area contributed by atoms with Crippen LogP contribution in [0.2, 0.25) is 0 Å². The number of hydrogen-bond acceptors (Lipinski definition) is 5. The molecule has 1 fully saturated rings. The van der Waals surface area contributed by atoms with E-state index in [1.807, 2.05) is 0 Å². The molecule has 0 saturated heterocycles. The number of rotatable bonds is 4. The minimum absolute atomic E-state index is 0.107. The van der Waals surface area contributed by atoms with Gasteiger partial charge in [-0.05, 0) is 19.8 Å². The van der Waals surface area contributed by atoms with E-state index in [2.05, 4.69) is 10.3 Å². The molecule has 2 N–H and O–H groups in total. The maximum atomic E-state index is 12.5. The summed E-state index contributed by atoms with van der Waals surface area (Å²) >= 11 is 0. The molecule has 1 amide bonds. The van der Waals surface area contributed by atoms with Gasteiger partial charge in [0.05, 0.1) is 22.1 Å². The molecule has 8 heteroatoms. The summed E-state index contributed by atoms with van der Waals surface area (Å²) in [6.07, 6.45) is 5.88. The van der Waals surface area contributed by atoms with Gasteiger partial charge in [-0.25, -0.2) is 0 Å². The van der Waals surface area contributed by atoms with E-state index in [0.717, 1.165) is 31.9 Å². The molecule has 1 saturated carbocycles. The van der Waals surface area contributed by atoms with Crippen LogP contribution in [0.4, 0.5) is 5.69 Å². The first-order chi connectivity index (χ1) is 11.4. The number of aryl methyl sites for hydroxylation is 1. The van der Waals surface area contributed by atoms with E-state index in [0.29, 0.717) is 18.5 Å². The second-order valence-corrected chi connectivity index (χ2v) is 6.10. The first-order valence-electron chi connectivity index (χ1n) is 8.05. The van der Waals surface area contributed by atoms with Crippen molar-refractivity contribution < 1.29 is 19.6 Å². The molecule has 8 nitrogen and oxygen atoms in total. The van der Waals surface area contributed by atoms with Crippen LogP contribution in [0.1, 0.15) is 54.6 Å². The minimum atomic E-state index is -0.920. The monoisotopic (exact) mass is 335 g/mol. The highest BCUT2D eigenvalue weighted by molar-refractivity contribution is 5.96. The number of carbonyl (C=O) groups excluding carboxylic acids is 1. The van der Waals surface area contributed by atoms with Crippen LogP contribution < -0.4 is 5.32 Å². The van der Waals surface area contributed by atoms with Crippen molar-refractivity contribution in [2.75, 3.05) is 0 Å². The Balaban J connectivity index is 2.21.